The largest absolute Gasteiger partial charge is 0.480 e. The fraction of sp³-hybridized carbons (Fsp3) is 0.560. The molecule has 0 radical (unpaired) electrons. The van der Waals surface area contributed by atoms with Gasteiger partial charge in [0, 0.05) is 67.3 Å². The van der Waals surface area contributed by atoms with Crippen molar-refractivity contribution < 1.29 is 23.4 Å². The maximum atomic E-state index is 14.2. The van der Waals surface area contributed by atoms with Crippen LogP contribution in [0.25, 0.3) is 11.1 Å². The fourth-order valence-electron chi connectivity index (χ4n) is 5.57. The highest BCUT2D eigenvalue weighted by atomic mass is 19.3. The summed E-state index contributed by atoms with van der Waals surface area (Å²) in [6.45, 7) is 3.29. The molecule has 194 valence electrons. The number of carboxylic acids is 1. The minimum Gasteiger partial charge on any atom is -0.480 e. The molecule has 11 heteroatoms. The number of nitrogens with one attached hydrogen (secondary N) is 3. The number of anilines is 1. The molecule has 9 nitrogen and oxygen atoms in total. The highest BCUT2D eigenvalue weighted by molar-refractivity contribution is 6.00. The van der Waals surface area contributed by atoms with Crippen molar-refractivity contribution in [3.63, 3.8) is 0 Å². The normalized spacial score (nSPS) is 22.7. The van der Waals surface area contributed by atoms with Crippen molar-refractivity contribution in [2.45, 2.75) is 50.7 Å². The topological polar surface area (TPSA) is 116 Å². The summed E-state index contributed by atoms with van der Waals surface area (Å²) in [6, 6.07) is 3.78. The Labute approximate surface area is 208 Å². The van der Waals surface area contributed by atoms with Gasteiger partial charge in [0.2, 0.25) is 0 Å². The summed E-state index contributed by atoms with van der Waals surface area (Å²) in [5.74, 6) is -0.659. The van der Waals surface area contributed by atoms with Crippen molar-refractivity contribution in [3.05, 3.63) is 35.7 Å². The average molecular weight is 503 g/mol. The average Bonchev–Trinajstić information content (AvgIpc) is 3.50. The van der Waals surface area contributed by atoms with Crippen LogP contribution in [0.1, 0.15) is 36.8 Å². The van der Waals surface area contributed by atoms with Gasteiger partial charge in [-0.15, -0.1) is 0 Å². The van der Waals surface area contributed by atoms with E-state index in [9.17, 15) is 13.6 Å². The fourth-order valence-corrected chi connectivity index (χ4v) is 5.57. The van der Waals surface area contributed by atoms with E-state index in [4.69, 9.17) is 15.3 Å². The summed E-state index contributed by atoms with van der Waals surface area (Å²) in [5, 5.41) is 29.3. The van der Waals surface area contributed by atoms with Crippen LogP contribution in [0, 0.1) is 11.3 Å². The number of rotatable bonds is 7. The number of benzene rings is 1. The van der Waals surface area contributed by atoms with Crippen LogP contribution in [-0.2, 0) is 22.5 Å². The Bertz CT molecular complexity index is 1120. The van der Waals surface area contributed by atoms with Gasteiger partial charge in [0.05, 0.1) is 6.20 Å². The SMILES string of the molecule is N=C(C1CNCCC1NC1CCOCC1)N1CCc2cc(-c3cnn(CC(=O)O)c3)c(C(F)F)cc21. The van der Waals surface area contributed by atoms with Gasteiger partial charge in [-0.25, -0.2) is 8.78 Å². The van der Waals surface area contributed by atoms with Crippen molar-refractivity contribution in [1.29, 1.82) is 5.41 Å². The molecule has 2 aromatic rings. The molecule has 0 bridgehead atoms. The van der Waals surface area contributed by atoms with Gasteiger partial charge in [0.25, 0.3) is 6.43 Å². The third-order valence-corrected chi connectivity index (χ3v) is 7.42. The smallest absolute Gasteiger partial charge is 0.325 e. The molecule has 1 aromatic heterocycles. The van der Waals surface area contributed by atoms with Gasteiger partial charge >= 0.3 is 5.97 Å². The number of fused-ring (bicyclic) bond motifs is 1. The van der Waals surface area contributed by atoms with Crippen LogP contribution in [0.5, 0.6) is 0 Å². The van der Waals surface area contributed by atoms with Crippen molar-refractivity contribution in [1.82, 2.24) is 20.4 Å². The van der Waals surface area contributed by atoms with E-state index in [1.807, 2.05) is 4.90 Å². The van der Waals surface area contributed by atoms with E-state index >= 15 is 0 Å². The molecule has 4 heterocycles. The third kappa shape index (κ3) is 5.14. The van der Waals surface area contributed by atoms with Gasteiger partial charge in [-0.2, -0.15) is 5.10 Å². The summed E-state index contributed by atoms with van der Waals surface area (Å²) in [7, 11) is 0. The summed E-state index contributed by atoms with van der Waals surface area (Å²) >= 11 is 0. The number of ether oxygens (including phenoxy) is 1. The summed E-state index contributed by atoms with van der Waals surface area (Å²) in [4.78, 5) is 12.9. The first-order valence-corrected chi connectivity index (χ1v) is 12.5. The molecule has 1 aromatic carbocycles. The first-order chi connectivity index (χ1) is 17.4. The molecule has 0 spiro atoms. The van der Waals surface area contributed by atoms with Crippen molar-refractivity contribution in [2.24, 2.45) is 5.92 Å². The zero-order valence-corrected chi connectivity index (χ0v) is 20.1. The van der Waals surface area contributed by atoms with Crippen LogP contribution < -0.4 is 15.5 Å². The number of aromatic nitrogens is 2. The molecular formula is C25H32F2N6O3. The zero-order valence-electron chi connectivity index (χ0n) is 20.1. The molecule has 0 saturated carbocycles. The van der Waals surface area contributed by atoms with Crippen LogP contribution >= 0.6 is 0 Å². The lowest BCUT2D eigenvalue weighted by atomic mass is 9.90. The first-order valence-electron chi connectivity index (χ1n) is 12.5. The van der Waals surface area contributed by atoms with E-state index < -0.39 is 12.4 Å². The van der Waals surface area contributed by atoms with Crippen molar-refractivity contribution in [2.75, 3.05) is 37.7 Å². The molecule has 2 fully saturated rings. The van der Waals surface area contributed by atoms with Crippen LogP contribution in [0.4, 0.5) is 14.5 Å². The molecule has 5 rings (SSSR count). The van der Waals surface area contributed by atoms with Crippen LogP contribution in [0.15, 0.2) is 24.5 Å². The lowest BCUT2D eigenvalue weighted by molar-refractivity contribution is -0.137. The Morgan fingerprint density at radius 3 is 2.86 bits per heavy atom. The van der Waals surface area contributed by atoms with E-state index in [-0.39, 0.29) is 24.1 Å². The van der Waals surface area contributed by atoms with E-state index in [0.29, 0.717) is 48.2 Å². The lowest BCUT2D eigenvalue weighted by Gasteiger charge is -2.39. The predicted octanol–water partition coefficient (Wildman–Crippen LogP) is 2.66. The van der Waals surface area contributed by atoms with Crippen LogP contribution in [0.3, 0.4) is 0 Å². The molecular weight excluding hydrogens is 470 g/mol. The molecule has 2 atom stereocenters. The summed E-state index contributed by atoms with van der Waals surface area (Å²) < 4.78 is 35.1. The van der Waals surface area contributed by atoms with Gasteiger partial charge in [-0.05, 0) is 55.5 Å². The predicted molar refractivity (Wildman–Crippen MR) is 131 cm³/mol. The number of halogens is 2. The first kappa shape index (κ1) is 24.8. The Morgan fingerprint density at radius 2 is 2.11 bits per heavy atom. The third-order valence-electron chi connectivity index (χ3n) is 7.42. The lowest BCUT2D eigenvalue weighted by Crippen LogP contribution is -2.56. The molecule has 3 aliphatic heterocycles. The number of amidine groups is 1. The molecule has 2 saturated heterocycles. The zero-order chi connectivity index (χ0) is 25.2. The van der Waals surface area contributed by atoms with Crippen LogP contribution in [-0.4, -0.2) is 71.6 Å². The number of alkyl halides is 2. The van der Waals surface area contributed by atoms with Gasteiger partial charge in [-0.3, -0.25) is 14.9 Å². The summed E-state index contributed by atoms with van der Waals surface area (Å²) in [6.07, 6.45) is 3.66. The number of aliphatic carboxylic acids is 1. The van der Waals surface area contributed by atoms with Gasteiger partial charge in [-0.1, -0.05) is 0 Å². The molecule has 0 aliphatic carbocycles. The molecule has 36 heavy (non-hydrogen) atoms. The van der Waals surface area contributed by atoms with Crippen LogP contribution in [0.2, 0.25) is 0 Å². The second-order valence-corrected chi connectivity index (χ2v) is 9.74. The second-order valence-electron chi connectivity index (χ2n) is 9.74. The van der Waals surface area contributed by atoms with Crippen molar-refractivity contribution >= 4 is 17.5 Å². The van der Waals surface area contributed by atoms with Crippen molar-refractivity contribution in [3.8, 4) is 11.1 Å². The number of piperidine rings is 1. The Hall–Kier alpha value is -2.89. The van der Waals surface area contributed by atoms with E-state index in [1.54, 1.807) is 6.07 Å². The Balaban J connectivity index is 1.39. The molecule has 0 amide bonds. The quantitative estimate of drug-likeness (QED) is 0.340. The minimum absolute atomic E-state index is 0.0588. The van der Waals surface area contributed by atoms with E-state index in [0.717, 1.165) is 44.6 Å². The number of carboxylic acid groups (broad SMARTS) is 1. The Morgan fingerprint density at radius 1 is 1.31 bits per heavy atom. The standard InChI is InChI=1S/C25H32F2N6O3/c26-24(27)19-10-22-15(9-18(19)16-11-30-32(13-16)14-23(34)35)2-6-33(22)25(28)20-12-29-5-1-21(20)31-17-3-7-36-8-4-17/h9-11,13,17,20-21,24,28-29,31H,1-8,12,14H2,(H,34,35). The number of carbonyl (C=O) groups is 1. The van der Waals surface area contributed by atoms with E-state index in [2.05, 4.69) is 15.7 Å². The molecule has 2 unspecified atom stereocenters. The molecule has 3 aliphatic rings. The van der Waals surface area contributed by atoms with Gasteiger partial charge in [0.1, 0.15) is 12.4 Å². The Kier molecular flexibility index (Phi) is 7.31. The number of nitrogens with zero attached hydrogens (tertiary/aromatic N) is 3. The second kappa shape index (κ2) is 10.6. The number of hydrogen-bond donors (Lipinski definition) is 4. The highest BCUT2D eigenvalue weighted by Crippen LogP contribution is 2.40. The maximum Gasteiger partial charge on any atom is 0.325 e. The van der Waals surface area contributed by atoms with Gasteiger partial charge < -0.3 is 25.4 Å². The van der Waals surface area contributed by atoms with Gasteiger partial charge in [0.15, 0.2) is 0 Å². The highest BCUT2D eigenvalue weighted by Gasteiger charge is 2.36. The monoisotopic (exact) mass is 502 g/mol. The minimum atomic E-state index is -2.72. The summed E-state index contributed by atoms with van der Waals surface area (Å²) in [5.41, 5.74) is 2.24. The van der Waals surface area contributed by atoms with E-state index in [1.165, 1.54) is 23.1 Å². The number of hydrogen-bond acceptors (Lipinski definition) is 6. The molecule has 4 N–H and O–H groups in total. The maximum absolute atomic E-state index is 14.2.